The summed E-state index contributed by atoms with van der Waals surface area (Å²) in [5.74, 6) is 7.15. The minimum Gasteiger partial charge on any atom is -0.493 e. The molecule has 0 bridgehead atoms. The molecule has 0 spiro atoms. The summed E-state index contributed by atoms with van der Waals surface area (Å²) < 4.78 is 5.72. The van der Waals surface area contributed by atoms with Gasteiger partial charge < -0.3 is 4.74 Å². The topological polar surface area (TPSA) is 60.2 Å². The lowest BCUT2D eigenvalue weighted by atomic mass is 9.85. The van der Waals surface area contributed by atoms with Crippen molar-refractivity contribution >= 4 is 11.3 Å². The Hall–Kier alpha value is -1.43. The maximum Gasteiger partial charge on any atom is 0.122 e. The van der Waals surface area contributed by atoms with Crippen LogP contribution in [0.3, 0.4) is 0 Å². The van der Waals surface area contributed by atoms with Gasteiger partial charge in [0.2, 0.25) is 0 Å². The molecule has 0 saturated carbocycles. The van der Waals surface area contributed by atoms with E-state index in [4.69, 9.17) is 10.6 Å². The highest BCUT2D eigenvalue weighted by Crippen LogP contribution is 2.36. The fourth-order valence-electron chi connectivity index (χ4n) is 2.83. The number of ether oxygens (including phenoxy) is 1. The molecular weight excluding hydrogens is 270 g/mol. The lowest BCUT2D eigenvalue weighted by Gasteiger charge is -2.31. The third-order valence-electron chi connectivity index (χ3n) is 3.80. The number of hydrazine groups is 1. The molecule has 0 aliphatic carbocycles. The number of thiazole rings is 1. The first-order valence-electron chi connectivity index (χ1n) is 6.87. The van der Waals surface area contributed by atoms with Crippen LogP contribution in [-0.2, 0) is 6.42 Å². The number of aromatic nitrogens is 1. The minimum atomic E-state index is 0.182. The van der Waals surface area contributed by atoms with Crippen LogP contribution in [0.2, 0.25) is 0 Å². The number of nitrogens with zero attached hydrogens (tertiary/aromatic N) is 1. The maximum absolute atomic E-state index is 5.80. The average Bonchev–Trinajstić information content (AvgIpc) is 2.89. The minimum absolute atomic E-state index is 0.182. The van der Waals surface area contributed by atoms with Crippen molar-refractivity contribution in [2.75, 3.05) is 6.61 Å². The summed E-state index contributed by atoms with van der Waals surface area (Å²) >= 11 is 1.68. The molecule has 1 aliphatic rings. The van der Waals surface area contributed by atoms with Crippen molar-refractivity contribution < 1.29 is 4.74 Å². The van der Waals surface area contributed by atoms with E-state index in [1.807, 2.05) is 19.1 Å². The summed E-state index contributed by atoms with van der Waals surface area (Å²) in [6.07, 6.45) is 1.83. The molecule has 2 unspecified atom stereocenters. The lowest BCUT2D eigenvalue weighted by molar-refractivity contribution is 0.244. The van der Waals surface area contributed by atoms with Gasteiger partial charge in [-0.2, -0.15) is 0 Å². The standard InChI is InChI=1S/C15H19N3OS/c1-10-17-11(9-20-10)8-14(18-16)12-6-7-19-15-5-3-2-4-13(12)15/h2-5,9,12,14,18H,6-8,16H2,1H3. The van der Waals surface area contributed by atoms with Gasteiger partial charge in [0.25, 0.3) is 0 Å². The highest BCUT2D eigenvalue weighted by molar-refractivity contribution is 7.09. The largest absolute Gasteiger partial charge is 0.493 e. The van der Waals surface area contributed by atoms with Crippen LogP contribution in [0.4, 0.5) is 0 Å². The van der Waals surface area contributed by atoms with Crippen molar-refractivity contribution in [1.82, 2.24) is 10.4 Å². The van der Waals surface area contributed by atoms with E-state index in [2.05, 4.69) is 27.9 Å². The summed E-state index contributed by atoms with van der Waals surface area (Å²) in [7, 11) is 0. The summed E-state index contributed by atoms with van der Waals surface area (Å²) in [4.78, 5) is 4.54. The van der Waals surface area contributed by atoms with Crippen LogP contribution < -0.4 is 16.0 Å². The van der Waals surface area contributed by atoms with Crippen molar-refractivity contribution in [2.24, 2.45) is 5.84 Å². The van der Waals surface area contributed by atoms with Crippen LogP contribution in [0.25, 0.3) is 0 Å². The molecule has 0 saturated heterocycles. The van der Waals surface area contributed by atoms with E-state index in [9.17, 15) is 0 Å². The zero-order chi connectivity index (χ0) is 13.9. The number of nitrogens with one attached hydrogen (secondary N) is 1. The number of aryl methyl sites for hydroxylation is 1. The molecule has 2 aromatic rings. The first kappa shape index (κ1) is 13.5. The molecule has 2 heterocycles. The van der Waals surface area contributed by atoms with Crippen molar-refractivity contribution in [3.63, 3.8) is 0 Å². The maximum atomic E-state index is 5.80. The molecule has 106 valence electrons. The second kappa shape index (κ2) is 5.91. The summed E-state index contributed by atoms with van der Waals surface area (Å²) in [5.41, 5.74) is 5.33. The second-order valence-electron chi connectivity index (χ2n) is 5.12. The summed E-state index contributed by atoms with van der Waals surface area (Å²) in [6.45, 7) is 2.78. The predicted molar refractivity (Wildman–Crippen MR) is 81.0 cm³/mol. The highest BCUT2D eigenvalue weighted by atomic mass is 32.1. The van der Waals surface area contributed by atoms with E-state index in [1.165, 1.54) is 5.56 Å². The quantitative estimate of drug-likeness (QED) is 0.670. The van der Waals surface area contributed by atoms with E-state index in [0.29, 0.717) is 5.92 Å². The van der Waals surface area contributed by atoms with Crippen LogP contribution in [0.15, 0.2) is 29.6 Å². The Morgan fingerprint density at radius 1 is 1.50 bits per heavy atom. The van der Waals surface area contributed by atoms with Crippen molar-refractivity contribution in [3.8, 4) is 5.75 Å². The van der Waals surface area contributed by atoms with Crippen molar-refractivity contribution in [2.45, 2.75) is 31.7 Å². The van der Waals surface area contributed by atoms with Crippen molar-refractivity contribution in [1.29, 1.82) is 0 Å². The van der Waals surface area contributed by atoms with Crippen LogP contribution in [-0.4, -0.2) is 17.6 Å². The number of nitrogens with two attached hydrogens (primary N) is 1. The molecule has 1 aliphatic heterocycles. The number of hydrogen-bond donors (Lipinski definition) is 2. The van der Waals surface area contributed by atoms with Gasteiger partial charge in [-0.15, -0.1) is 11.3 Å². The van der Waals surface area contributed by atoms with Gasteiger partial charge in [0, 0.05) is 23.8 Å². The Morgan fingerprint density at radius 3 is 3.10 bits per heavy atom. The zero-order valence-corrected chi connectivity index (χ0v) is 12.3. The molecule has 0 amide bonds. The molecular formula is C15H19N3OS. The fourth-order valence-corrected chi connectivity index (χ4v) is 3.46. The van der Waals surface area contributed by atoms with Gasteiger partial charge in [0.05, 0.1) is 17.3 Å². The van der Waals surface area contributed by atoms with Crippen LogP contribution in [0, 0.1) is 6.92 Å². The van der Waals surface area contributed by atoms with E-state index in [0.717, 1.165) is 35.9 Å². The Morgan fingerprint density at radius 2 is 2.35 bits per heavy atom. The smallest absolute Gasteiger partial charge is 0.122 e. The van der Waals surface area contributed by atoms with Gasteiger partial charge >= 0.3 is 0 Å². The van der Waals surface area contributed by atoms with Crippen LogP contribution in [0.5, 0.6) is 5.75 Å². The second-order valence-corrected chi connectivity index (χ2v) is 6.18. The Kier molecular flexibility index (Phi) is 4.00. The van der Waals surface area contributed by atoms with E-state index >= 15 is 0 Å². The first-order chi connectivity index (χ1) is 9.78. The zero-order valence-electron chi connectivity index (χ0n) is 11.5. The summed E-state index contributed by atoms with van der Waals surface area (Å²) in [6, 6.07) is 8.41. The first-order valence-corrected chi connectivity index (χ1v) is 7.74. The number of hydrogen-bond acceptors (Lipinski definition) is 5. The molecule has 4 nitrogen and oxygen atoms in total. The van der Waals surface area contributed by atoms with Crippen LogP contribution >= 0.6 is 11.3 Å². The molecule has 0 radical (unpaired) electrons. The molecule has 3 rings (SSSR count). The van der Waals surface area contributed by atoms with Gasteiger partial charge in [0.1, 0.15) is 5.75 Å². The SMILES string of the molecule is Cc1nc(CC(NN)C2CCOc3ccccc32)cs1. The predicted octanol–water partition coefficient (Wildman–Crippen LogP) is 2.39. The number of benzene rings is 1. The normalized spacial score (nSPS) is 19.2. The third-order valence-corrected chi connectivity index (χ3v) is 4.62. The Labute approximate surface area is 123 Å². The van der Waals surface area contributed by atoms with Gasteiger partial charge in [-0.25, -0.2) is 4.98 Å². The third kappa shape index (κ3) is 2.70. The number of rotatable bonds is 4. The van der Waals surface area contributed by atoms with E-state index in [1.54, 1.807) is 11.3 Å². The van der Waals surface area contributed by atoms with Gasteiger partial charge in [-0.05, 0) is 25.0 Å². The molecule has 2 atom stereocenters. The molecule has 20 heavy (non-hydrogen) atoms. The molecule has 1 aromatic heterocycles. The Balaban J connectivity index is 1.83. The lowest BCUT2D eigenvalue weighted by Crippen LogP contribution is -2.43. The Bertz CT molecular complexity index is 584. The van der Waals surface area contributed by atoms with Crippen LogP contribution in [0.1, 0.15) is 28.6 Å². The summed E-state index contributed by atoms with van der Waals surface area (Å²) in [5, 5.41) is 3.22. The van der Waals surface area contributed by atoms with E-state index in [-0.39, 0.29) is 6.04 Å². The monoisotopic (exact) mass is 289 g/mol. The van der Waals surface area contributed by atoms with Gasteiger partial charge in [0.15, 0.2) is 0 Å². The number of fused-ring (bicyclic) bond motifs is 1. The van der Waals surface area contributed by atoms with Gasteiger partial charge in [-0.1, -0.05) is 18.2 Å². The molecule has 0 fully saturated rings. The number of para-hydroxylation sites is 1. The average molecular weight is 289 g/mol. The van der Waals surface area contributed by atoms with E-state index < -0.39 is 0 Å². The molecule has 1 aromatic carbocycles. The van der Waals surface area contributed by atoms with Crippen molar-refractivity contribution in [3.05, 3.63) is 45.9 Å². The fraction of sp³-hybridized carbons (Fsp3) is 0.400. The molecule has 3 N–H and O–H groups in total. The molecule has 5 heteroatoms. The van der Waals surface area contributed by atoms with Gasteiger partial charge in [-0.3, -0.25) is 11.3 Å². The highest BCUT2D eigenvalue weighted by Gasteiger charge is 2.28.